The molecule has 0 aliphatic rings. The first-order valence-corrected chi connectivity index (χ1v) is 8.22. The predicted octanol–water partition coefficient (Wildman–Crippen LogP) is 4.61. The zero-order chi connectivity index (χ0) is 22.7. The normalized spacial score (nSPS) is 11.5. The Balaban J connectivity index is 2.39. The van der Waals surface area contributed by atoms with Gasteiger partial charge in [-0.2, -0.15) is 0 Å². The molecule has 0 fully saturated rings. The lowest BCUT2D eigenvalue weighted by molar-refractivity contribution is -0.384. The Bertz CT molecular complexity index is 959. The fraction of sp³-hybridized carbons (Fsp3) is 0.294. The van der Waals surface area contributed by atoms with Crippen LogP contribution in [0.4, 0.5) is 35.2 Å². The number of nitrogens with zero attached hydrogens (tertiary/aromatic N) is 2. The Kier molecular flexibility index (Phi) is 6.23. The maximum atomic E-state index is 12.8. The number of benzene rings is 1. The van der Waals surface area contributed by atoms with E-state index in [0.717, 1.165) is 24.4 Å². The van der Waals surface area contributed by atoms with Crippen LogP contribution in [0.2, 0.25) is 0 Å². The number of halogens is 3. The van der Waals surface area contributed by atoms with Gasteiger partial charge < -0.3 is 19.9 Å². The van der Waals surface area contributed by atoms with E-state index < -0.39 is 51.7 Å². The molecule has 1 aromatic carbocycles. The molecule has 0 aliphatic carbocycles. The van der Waals surface area contributed by atoms with Crippen molar-refractivity contribution in [1.82, 2.24) is 4.98 Å². The van der Waals surface area contributed by atoms with E-state index in [1.807, 2.05) is 0 Å². The number of pyridine rings is 1. The van der Waals surface area contributed by atoms with E-state index in [0.29, 0.717) is 0 Å². The monoisotopic (exact) mass is 430 g/mol. The molecule has 0 radical (unpaired) electrons. The molecule has 10 nitrogen and oxygen atoms in total. The standard InChI is InChI=1S/C17H17F3N4O6/c1-16(2,3)30-15(25)23-9-4-5-10(12(8-9)29-17(18,19)20)28-11-6-7-22-14(21)13(11)24(26)27/h4-8H,1-3H3,(H2,21,22)(H,23,25). The molecule has 2 aromatic rings. The highest BCUT2D eigenvalue weighted by Crippen LogP contribution is 2.41. The number of hydrogen-bond donors (Lipinski definition) is 2. The van der Waals surface area contributed by atoms with Crippen LogP contribution < -0.4 is 20.5 Å². The van der Waals surface area contributed by atoms with Crippen LogP contribution in [-0.2, 0) is 4.74 Å². The second-order valence-corrected chi connectivity index (χ2v) is 6.74. The van der Waals surface area contributed by atoms with E-state index >= 15 is 0 Å². The Hall–Kier alpha value is -3.77. The molecule has 0 bridgehead atoms. The summed E-state index contributed by atoms with van der Waals surface area (Å²) in [6.07, 6.45) is -4.93. The Morgan fingerprint density at radius 2 is 1.83 bits per heavy atom. The molecule has 0 spiro atoms. The van der Waals surface area contributed by atoms with E-state index in [-0.39, 0.29) is 5.69 Å². The van der Waals surface area contributed by atoms with Crippen LogP contribution in [0.15, 0.2) is 30.5 Å². The van der Waals surface area contributed by atoms with Crippen LogP contribution in [0.3, 0.4) is 0 Å². The number of ether oxygens (including phenoxy) is 3. The smallest absolute Gasteiger partial charge is 0.446 e. The largest absolute Gasteiger partial charge is 0.573 e. The molecule has 162 valence electrons. The van der Waals surface area contributed by atoms with Crippen LogP contribution >= 0.6 is 0 Å². The third-order valence-electron chi connectivity index (χ3n) is 3.13. The van der Waals surface area contributed by atoms with Crippen molar-refractivity contribution in [2.45, 2.75) is 32.7 Å². The van der Waals surface area contributed by atoms with Gasteiger partial charge >= 0.3 is 18.1 Å². The van der Waals surface area contributed by atoms with Gasteiger partial charge in [-0.1, -0.05) is 0 Å². The van der Waals surface area contributed by atoms with Crippen LogP contribution in [0.1, 0.15) is 20.8 Å². The van der Waals surface area contributed by atoms with Gasteiger partial charge in [-0.25, -0.2) is 9.78 Å². The number of nitro groups is 1. The minimum Gasteiger partial charge on any atom is -0.446 e. The van der Waals surface area contributed by atoms with Crippen LogP contribution in [0.5, 0.6) is 17.2 Å². The summed E-state index contributed by atoms with van der Waals surface area (Å²) < 4.78 is 52.6. The number of rotatable bonds is 5. The number of aromatic nitrogens is 1. The topological polar surface area (TPSA) is 139 Å². The highest BCUT2D eigenvalue weighted by atomic mass is 19.4. The van der Waals surface area contributed by atoms with Crippen molar-refractivity contribution in [3.63, 3.8) is 0 Å². The first-order valence-electron chi connectivity index (χ1n) is 8.22. The molecular formula is C17H17F3N4O6. The fourth-order valence-corrected chi connectivity index (χ4v) is 2.13. The van der Waals surface area contributed by atoms with Crippen LogP contribution in [-0.4, -0.2) is 28.0 Å². The van der Waals surface area contributed by atoms with Gasteiger partial charge in [0.15, 0.2) is 11.5 Å². The third kappa shape index (κ3) is 6.39. The van der Waals surface area contributed by atoms with Gasteiger partial charge in [0, 0.05) is 24.0 Å². The van der Waals surface area contributed by atoms with Gasteiger partial charge in [-0.3, -0.25) is 15.4 Å². The minimum absolute atomic E-state index is 0.0976. The lowest BCUT2D eigenvalue weighted by Crippen LogP contribution is -2.27. The third-order valence-corrected chi connectivity index (χ3v) is 3.13. The number of nitrogens with two attached hydrogens (primary N) is 1. The van der Waals surface area contributed by atoms with E-state index in [4.69, 9.17) is 15.2 Å². The number of nitrogen functional groups attached to an aromatic ring is 1. The minimum atomic E-state index is -5.11. The highest BCUT2D eigenvalue weighted by Gasteiger charge is 2.33. The van der Waals surface area contributed by atoms with E-state index in [1.165, 1.54) is 6.07 Å². The number of nitrogens with one attached hydrogen (secondary N) is 1. The molecule has 0 unspecified atom stereocenters. The lowest BCUT2D eigenvalue weighted by atomic mass is 10.2. The van der Waals surface area contributed by atoms with Gasteiger partial charge in [0.2, 0.25) is 11.6 Å². The summed E-state index contributed by atoms with van der Waals surface area (Å²) in [5.41, 5.74) is 3.78. The summed E-state index contributed by atoms with van der Waals surface area (Å²) in [7, 11) is 0. The number of alkyl halides is 3. The van der Waals surface area contributed by atoms with Gasteiger partial charge in [-0.05, 0) is 32.9 Å². The summed E-state index contributed by atoms with van der Waals surface area (Å²) in [4.78, 5) is 25.7. The van der Waals surface area contributed by atoms with E-state index in [9.17, 15) is 28.1 Å². The predicted molar refractivity (Wildman–Crippen MR) is 98.4 cm³/mol. The van der Waals surface area contributed by atoms with Crippen molar-refractivity contribution < 1.29 is 37.1 Å². The summed E-state index contributed by atoms with van der Waals surface area (Å²) in [6.45, 7) is 4.82. The molecule has 3 N–H and O–H groups in total. The molecule has 0 aliphatic heterocycles. The molecule has 2 rings (SSSR count). The van der Waals surface area contributed by atoms with Gasteiger partial charge in [0.1, 0.15) is 5.60 Å². The molecule has 1 amide bonds. The zero-order valence-electron chi connectivity index (χ0n) is 15.9. The van der Waals surface area contributed by atoms with Gasteiger partial charge in [0.25, 0.3) is 0 Å². The maximum Gasteiger partial charge on any atom is 0.573 e. The van der Waals surface area contributed by atoms with Crippen LogP contribution in [0.25, 0.3) is 0 Å². The average Bonchev–Trinajstić information content (AvgIpc) is 2.53. The number of hydrogen-bond acceptors (Lipinski definition) is 8. The quantitative estimate of drug-likeness (QED) is 0.518. The first-order chi connectivity index (χ1) is 13.7. The lowest BCUT2D eigenvalue weighted by Gasteiger charge is -2.20. The van der Waals surface area contributed by atoms with Crippen LogP contribution in [0, 0.1) is 10.1 Å². The van der Waals surface area contributed by atoms with Gasteiger partial charge in [0.05, 0.1) is 4.92 Å². The van der Waals surface area contributed by atoms with Crippen molar-refractivity contribution in [1.29, 1.82) is 0 Å². The van der Waals surface area contributed by atoms with Crippen molar-refractivity contribution in [3.8, 4) is 17.2 Å². The van der Waals surface area contributed by atoms with Gasteiger partial charge in [-0.15, -0.1) is 13.2 Å². The summed E-state index contributed by atoms with van der Waals surface area (Å²) >= 11 is 0. The van der Waals surface area contributed by atoms with Crippen molar-refractivity contribution >= 4 is 23.3 Å². The molecule has 1 aromatic heterocycles. The number of carbonyl (C=O) groups is 1. The van der Waals surface area contributed by atoms with E-state index in [2.05, 4.69) is 15.0 Å². The number of carbonyl (C=O) groups excluding carboxylic acids is 1. The second-order valence-electron chi connectivity index (χ2n) is 6.74. The number of anilines is 2. The summed E-state index contributed by atoms with van der Waals surface area (Å²) in [5.74, 6) is -2.32. The molecule has 0 saturated heterocycles. The Morgan fingerprint density at radius 3 is 2.40 bits per heavy atom. The number of amides is 1. The average molecular weight is 430 g/mol. The fourth-order valence-electron chi connectivity index (χ4n) is 2.13. The molecule has 30 heavy (non-hydrogen) atoms. The Labute approximate surface area is 167 Å². The summed E-state index contributed by atoms with van der Waals surface area (Å²) in [5, 5.41) is 13.4. The van der Waals surface area contributed by atoms with Crippen molar-refractivity contribution in [2.24, 2.45) is 0 Å². The van der Waals surface area contributed by atoms with Crippen molar-refractivity contribution in [3.05, 3.63) is 40.6 Å². The molecule has 0 saturated carbocycles. The molecular weight excluding hydrogens is 413 g/mol. The highest BCUT2D eigenvalue weighted by molar-refractivity contribution is 5.85. The molecule has 0 atom stereocenters. The van der Waals surface area contributed by atoms with E-state index in [1.54, 1.807) is 20.8 Å². The first kappa shape index (κ1) is 22.5. The van der Waals surface area contributed by atoms with Crippen molar-refractivity contribution in [2.75, 3.05) is 11.1 Å². The second kappa shape index (κ2) is 8.31. The molecule has 1 heterocycles. The SMILES string of the molecule is CC(C)(C)OC(=O)Nc1ccc(Oc2ccnc(N)c2[N+](=O)[O-])c(OC(F)(F)F)c1. The Morgan fingerprint density at radius 1 is 1.17 bits per heavy atom. The maximum absolute atomic E-state index is 12.8. The molecule has 13 heteroatoms. The summed E-state index contributed by atoms with van der Waals surface area (Å²) in [6, 6.07) is 4.09. The zero-order valence-corrected chi connectivity index (χ0v) is 15.9.